The lowest BCUT2D eigenvalue weighted by molar-refractivity contribution is 0.302. The molecule has 0 aliphatic heterocycles. The number of hydrogen-bond acceptors (Lipinski definition) is 6. The van der Waals surface area contributed by atoms with Gasteiger partial charge in [0.1, 0.15) is 10.8 Å². The van der Waals surface area contributed by atoms with Crippen LogP contribution in [0.25, 0.3) is 0 Å². The second-order valence-corrected chi connectivity index (χ2v) is 6.76. The van der Waals surface area contributed by atoms with Gasteiger partial charge in [-0.15, -0.1) is 5.11 Å². The first kappa shape index (κ1) is 20.0. The number of aliphatic hydroxyl groups excluding tert-OH is 1. The van der Waals surface area contributed by atoms with Crippen molar-refractivity contribution in [2.75, 3.05) is 31.7 Å². The van der Waals surface area contributed by atoms with E-state index in [1.807, 2.05) is 49.4 Å². The minimum atomic E-state index is 0.135. The number of thioether (sulfide) groups is 1. The van der Waals surface area contributed by atoms with Crippen LogP contribution >= 0.6 is 11.8 Å². The van der Waals surface area contributed by atoms with Crippen LogP contribution in [0.4, 0.5) is 11.4 Å². The first-order valence-electron chi connectivity index (χ1n) is 8.46. The zero-order valence-electron chi connectivity index (χ0n) is 15.5. The Morgan fingerprint density at radius 2 is 1.96 bits per heavy atom. The molecule has 0 aliphatic rings. The van der Waals surface area contributed by atoms with E-state index in [0.717, 1.165) is 34.1 Å². The molecule has 2 aromatic rings. The van der Waals surface area contributed by atoms with Gasteiger partial charge in [-0.1, -0.05) is 24.4 Å². The number of anilines is 1. The van der Waals surface area contributed by atoms with Crippen molar-refractivity contribution < 1.29 is 9.84 Å². The normalized spacial score (nSPS) is 10.9. The topological polar surface area (TPSA) is 57.4 Å². The molecule has 138 valence electrons. The highest BCUT2D eigenvalue weighted by atomic mass is 32.2. The molecule has 6 heteroatoms. The van der Waals surface area contributed by atoms with Crippen LogP contribution in [0.15, 0.2) is 69.2 Å². The summed E-state index contributed by atoms with van der Waals surface area (Å²) in [6.07, 6.45) is 0. The van der Waals surface area contributed by atoms with Crippen molar-refractivity contribution in [1.82, 2.24) is 0 Å². The Morgan fingerprint density at radius 3 is 2.58 bits per heavy atom. The Bertz CT molecular complexity index is 760. The highest BCUT2D eigenvalue weighted by Crippen LogP contribution is 2.32. The van der Waals surface area contributed by atoms with Crippen LogP contribution in [-0.2, 0) is 0 Å². The zero-order valence-corrected chi connectivity index (χ0v) is 16.3. The number of nitrogens with zero attached hydrogens (tertiary/aromatic N) is 3. The third-order valence-corrected chi connectivity index (χ3v) is 4.84. The average molecular weight is 372 g/mol. The summed E-state index contributed by atoms with van der Waals surface area (Å²) >= 11 is 1.47. The predicted molar refractivity (Wildman–Crippen MR) is 109 cm³/mol. The molecule has 0 radical (unpaired) electrons. The summed E-state index contributed by atoms with van der Waals surface area (Å²) in [4.78, 5) is 3.15. The standard InChI is InChI=1S/C20H25N3O2S/c1-5-23(12-13-24)18-9-7-17(8-10-18)22-21-16(3)26-20-14-19(25-4)11-6-15(20)2/h6-11,14,24H,3,5,12-13H2,1-2,4H3/b22-21+. The van der Waals surface area contributed by atoms with E-state index in [1.54, 1.807) is 7.11 Å². The van der Waals surface area contributed by atoms with Crippen LogP contribution in [0.2, 0.25) is 0 Å². The van der Waals surface area contributed by atoms with Gasteiger partial charge < -0.3 is 14.7 Å². The summed E-state index contributed by atoms with van der Waals surface area (Å²) in [6, 6.07) is 13.7. The number of benzene rings is 2. The lowest BCUT2D eigenvalue weighted by Gasteiger charge is -2.21. The third kappa shape index (κ3) is 5.61. The van der Waals surface area contributed by atoms with Gasteiger partial charge in [0.2, 0.25) is 0 Å². The molecule has 0 spiro atoms. The molecule has 0 atom stereocenters. The smallest absolute Gasteiger partial charge is 0.120 e. The van der Waals surface area contributed by atoms with Crippen LogP contribution < -0.4 is 9.64 Å². The number of methoxy groups -OCH3 is 1. The van der Waals surface area contributed by atoms with Crippen LogP contribution in [0.3, 0.4) is 0 Å². The molecule has 0 amide bonds. The van der Waals surface area contributed by atoms with Gasteiger partial charge in [0.25, 0.3) is 0 Å². The Morgan fingerprint density at radius 1 is 1.23 bits per heavy atom. The highest BCUT2D eigenvalue weighted by Gasteiger charge is 2.05. The molecule has 0 aliphatic carbocycles. The number of hydrogen-bond donors (Lipinski definition) is 1. The fourth-order valence-corrected chi connectivity index (χ4v) is 3.14. The molecular weight excluding hydrogens is 346 g/mol. The molecule has 5 nitrogen and oxygen atoms in total. The average Bonchev–Trinajstić information content (AvgIpc) is 2.66. The van der Waals surface area contributed by atoms with Crippen molar-refractivity contribution in [2.24, 2.45) is 10.2 Å². The largest absolute Gasteiger partial charge is 0.497 e. The second-order valence-electron chi connectivity index (χ2n) is 5.65. The minimum Gasteiger partial charge on any atom is -0.497 e. The van der Waals surface area contributed by atoms with Crippen molar-refractivity contribution in [3.05, 3.63) is 59.6 Å². The van der Waals surface area contributed by atoms with E-state index in [9.17, 15) is 0 Å². The predicted octanol–water partition coefficient (Wildman–Crippen LogP) is 5.17. The second kappa shape index (κ2) is 9.99. The van der Waals surface area contributed by atoms with Gasteiger partial charge in [-0.3, -0.25) is 0 Å². The molecule has 26 heavy (non-hydrogen) atoms. The maximum absolute atomic E-state index is 9.11. The van der Waals surface area contributed by atoms with E-state index in [-0.39, 0.29) is 6.61 Å². The van der Waals surface area contributed by atoms with Gasteiger partial charge in [0.05, 0.1) is 19.4 Å². The lowest BCUT2D eigenvalue weighted by Crippen LogP contribution is -2.25. The molecule has 0 unspecified atom stereocenters. The molecule has 2 aromatic carbocycles. The molecule has 0 heterocycles. The van der Waals surface area contributed by atoms with E-state index < -0.39 is 0 Å². The van der Waals surface area contributed by atoms with Crippen LogP contribution in [0.5, 0.6) is 5.75 Å². The van der Waals surface area contributed by atoms with Crippen molar-refractivity contribution >= 4 is 23.1 Å². The number of azo groups is 1. The van der Waals surface area contributed by atoms with Crippen LogP contribution in [0, 0.1) is 6.92 Å². The first-order chi connectivity index (χ1) is 12.6. The fourth-order valence-electron chi connectivity index (χ4n) is 2.40. The summed E-state index contributed by atoms with van der Waals surface area (Å²) in [7, 11) is 1.65. The molecule has 0 fully saturated rings. The van der Waals surface area contributed by atoms with Crippen LogP contribution in [-0.4, -0.2) is 31.9 Å². The highest BCUT2D eigenvalue weighted by molar-refractivity contribution is 8.03. The summed E-state index contributed by atoms with van der Waals surface area (Å²) in [5, 5.41) is 18.2. The Hall–Kier alpha value is -2.31. The van der Waals surface area contributed by atoms with Crippen molar-refractivity contribution in [1.29, 1.82) is 0 Å². The van der Waals surface area contributed by atoms with Gasteiger partial charge >= 0.3 is 0 Å². The van der Waals surface area contributed by atoms with Crippen LogP contribution in [0.1, 0.15) is 12.5 Å². The molecule has 1 N–H and O–H groups in total. The zero-order chi connectivity index (χ0) is 18.9. The van der Waals surface area contributed by atoms with Gasteiger partial charge in [-0.05, 0) is 55.8 Å². The Balaban J connectivity index is 2.02. The van der Waals surface area contributed by atoms with E-state index in [4.69, 9.17) is 9.84 Å². The monoisotopic (exact) mass is 371 g/mol. The molecule has 0 saturated carbocycles. The van der Waals surface area contributed by atoms with Crippen molar-refractivity contribution in [2.45, 2.75) is 18.7 Å². The third-order valence-electron chi connectivity index (χ3n) is 3.87. The summed E-state index contributed by atoms with van der Waals surface area (Å²) in [5.41, 5.74) is 2.96. The summed E-state index contributed by atoms with van der Waals surface area (Å²) in [5.74, 6) is 0.807. The lowest BCUT2D eigenvalue weighted by atomic mass is 10.2. The van der Waals surface area contributed by atoms with Gasteiger partial charge in [0, 0.05) is 23.7 Å². The van der Waals surface area contributed by atoms with Gasteiger partial charge in [0.15, 0.2) is 0 Å². The molecule has 0 bridgehead atoms. The minimum absolute atomic E-state index is 0.135. The van der Waals surface area contributed by atoms with Crippen molar-refractivity contribution in [3.8, 4) is 5.75 Å². The number of aliphatic hydroxyl groups is 1. The first-order valence-corrected chi connectivity index (χ1v) is 9.28. The van der Waals surface area contributed by atoms with Crippen molar-refractivity contribution in [3.63, 3.8) is 0 Å². The van der Waals surface area contributed by atoms with E-state index in [2.05, 4.69) is 28.6 Å². The molecule has 0 aromatic heterocycles. The quantitative estimate of drug-likeness (QED) is 0.488. The Kier molecular flexibility index (Phi) is 7.69. The molecule has 0 saturated heterocycles. The number of likely N-dealkylation sites (N-methyl/N-ethyl adjacent to an activating group) is 1. The van der Waals surface area contributed by atoms with Gasteiger partial charge in [-0.2, -0.15) is 5.11 Å². The maximum Gasteiger partial charge on any atom is 0.120 e. The van der Waals surface area contributed by atoms with E-state index >= 15 is 0 Å². The number of rotatable bonds is 9. The number of aryl methyl sites for hydroxylation is 1. The molecule has 2 rings (SSSR count). The summed E-state index contributed by atoms with van der Waals surface area (Å²) in [6.45, 7) is 9.66. The Labute approximate surface area is 159 Å². The SMILES string of the molecule is C=C(/N=N/c1ccc(N(CC)CCO)cc1)Sc1cc(OC)ccc1C. The fraction of sp³-hybridized carbons (Fsp3) is 0.300. The van der Waals surface area contributed by atoms with Gasteiger partial charge in [-0.25, -0.2) is 0 Å². The maximum atomic E-state index is 9.11. The van der Waals surface area contributed by atoms with E-state index in [0.29, 0.717) is 11.6 Å². The number of ether oxygens (including phenoxy) is 1. The van der Waals surface area contributed by atoms with E-state index in [1.165, 1.54) is 11.8 Å². The molecular formula is C20H25N3O2S. The summed E-state index contributed by atoms with van der Waals surface area (Å²) < 4.78 is 5.26.